The van der Waals surface area contributed by atoms with Crippen LogP contribution in [0, 0.1) is 44.4 Å². The molecule has 142 heavy (non-hydrogen) atoms. The molecule has 702 valence electrons. The number of para-hydroxylation sites is 4. The lowest BCUT2D eigenvalue weighted by atomic mass is 9.41. The van der Waals surface area contributed by atoms with E-state index in [0.29, 0.717) is 0 Å². The number of unbranched alkanes of at least 4 members (excludes halogenated alkanes) is 2. The summed E-state index contributed by atoms with van der Waals surface area (Å²) in [5.74, 6) is 3.22. The third-order valence-corrected chi connectivity index (χ3v) is 33.4. The van der Waals surface area contributed by atoms with Gasteiger partial charge in [0.15, 0.2) is 0 Å². The number of nitrogens with zero attached hydrogens (tertiary/aromatic N) is 5. The highest BCUT2D eigenvalue weighted by Gasteiger charge is 2.60. The van der Waals surface area contributed by atoms with Crippen LogP contribution in [0.25, 0.3) is 73.0 Å². The molecule has 26 rings (SSSR count). The minimum atomic E-state index is 0.231. The highest BCUT2D eigenvalue weighted by atomic mass is 15.2. The van der Waals surface area contributed by atoms with Gasteiger partial charge in [0.25, 0.3) is 0 Å². The molecule has 8 saturated carbocycles. The van der Waals surface area contributed by atoms with Gasteiger partial charge >= 0.3 is 0 Å². The van der Waals surface area contributed by atoms with Crippen molar-refractivity contribution in [1.82, 2.24) is 4.57 Å². The molecular weight excluding hydrogens is 1720 g/mol. The van der Waals surface area contributed by atoms with Crippen molar-refractivity contribution >= 4 is 102 Å². The molecule has 8 aliphatic rings. The van der Waals surface area contributed by atoms with Crippen molar-refractivity contribution in [3.05, 3.63) is 487 Å². The summed E-state index contributed by atoms with van der Waals surface area (Å²) >= 11 is 0. The second-order valence-corrected chi connectivity index (χ2v) is 42.7. The topological polar surface area (TPSA) is 17.9 Å². The number of benzene rings is 17. The Morgan fingerprint density at radius 1 is 0.275 bits per heavy atom. The first kappa shape index (κ1) is 91.0. The number of anilines is 12. The zero-order chi connectivity index (χ0) is 96.1. The van der Waals surface area contributed by atoms with Gasteiger partial charge in [-0.25, -0.2) is 0 Å². The number of hydrogen-bond acceptors (Lipinski definition) is 4. The van der Waals surface area contributed by atoms with Crippen LogP contribution in [0.3, 0.4) is 0 Å². The van der Waals surface area contributed by atoms with Crippen molar-refractivity contribution in [1.29, 1.82) is 0 Å². The fraction of sp³-hybridized carbons (Fsp3) is 0.226. The SMILES string of the molecule is C=Cc1ccc(C23CC4CC(C2)CC(c2ccc(N(c5ccc(CCCC)cc5)c5ccc(-c6ccc(N(c7ccc(C)cc7)c7ccc(-c8ccc9c(c8)c8ccccc8n9-c8ccccc8)cc7)cc6)cc5)cc2)(C4)C3)cc1.C=Cc1ccc(C23CC4CC(C2)CC(c2ccc(N(c5ccc(CCCC)cc5)c5ccc(-c6ccc(N(c7ccccc7)c7ccccc7)cc6C)c(C)c5)cc2)(C4)C3)cc1. The fourth-order valence-corrected chi connectivity index (χ4v) is 27.4. The second-order valence-electron chi connectivity index (χ2n) is 42.7. The first-order chi connectivity index (χ1) is 69.7. The fourth-order valence-electron chi connectivity index (χ4n) is 27.4. The van der Waals surface area contributed by atoms with Crippen molar-refractivity contribution in [2.24, 2.45) is 23.7 Å². The first-order valence-corrected chi connectivity index (χ1v) is 52.5. The van der Waals surface area contributed by atoms with Gasteiger partial charge in [-0.15, -0.1) is 0 Å². The quantitative estimate of drug-likeness (QED) is 0.0486. The van der Waals surface area contributed by atoms with Gasteiger partial charge in [0.1, 0.15) is 0 Å². The van der Waals surface area contributed by atoms with E-state index in [4.69, 9.17) is 0 Å². The summed E-state index contributed by atoms with van der Waals surface area (Å²) in [5, 5.41) is 2.51. The number of aryl methyl sites for hydroxylation is 5. The summed E-state index contributed by atoms with van der Waals surface area (Å²) in [6, 6.07) is 155. The van der Waals surface area contributed by atoms with E-state index in [9.17, 15) is 0 Å². The molecule has 8 aliphatic carbocycles. The molecule has 0 N–H and O–H groups in total. The van der Waals surface area contributed by atoms with Crippen molar-refractivity contribution in [2.45, 2.75) is 172 Å². The van der Waals surface area contributed by atoms with E-state index in [-0.39, 0.29) is 21.7 Å². The summed E-state index contributed by atoms with van der Waals surface area (Å²) in [6.45, 7) is 19.3. The minimum Gasteiger partial charge on any atom is -0.311 e. The molecule has 0 spiro atoms. The highest BCUT2D eigenvalue weighted by molar-refractivity contribution is 6.10. The molecular formula is C137H129N5. The lowest BCUT2D eigenvalue weighted by molar-refractivity contribution is -0.0282. The predicted octanol–water partition coefficient (Wildman–Crippen LogP) is 37.8. The van der Waals surface area contributed by atoms with Gasteiger partial charge in [-0.3, -0.25) is 0 Å². The molecule has 8 fully saturated rings. The zero-order valence-electron chi connectivity index (χ0n) is 83.1. The Labute approximate surface area is 841 Å². The third kappa shape index (κ3) is 17.6. The van der Waals surface area contributed by atoms with Crippen LogP contribution in [0.5, 0.6) is 0 Å². The molecule has 5 nitrogen and oxygen atoms in total. The molecule has 4 unspecified atom stereocenters. The normalized spacial score (nSPS) is 20.0. The lowest BCUT2D eigenvalue weighted by Gasteiger charge is -2.63. The van der Waals surface area contributed by atoms with Gasteiger partial charge in [0.2, 0.25) is 0 Å². The van der Waals surface area contributed by atoms with E-state index >= 15 is 0 Å². The van der Waals surface area contributed by atoms with Crippen molar-refractivity contribution in [3.8, 4) is 39.1 Å². The van der Waals surface area contributed by atoms with Gasteiger partial charge in [-0.1, -0.05) is 294 Å². The molecule has 0 aliphatic heterocycles. The smallest absolute Gasteiger partial charge is 0.0541 e. The predicted molar refractivity (Wildman–Crippen MR) is 603 cm³/mol. The summed E-state index contributed by atoms with van der Waals surface area (Å²) in [6.07, 6.45) is 27.0. The second kappa shape index (κ2) is 38.7. The average molecular weight is 1850 g/mol. The molecule has 1 heterocycles. The van der Waals surface area contributed by atoms with Crippen molar-refractivity contribution in [3.63, 3.8) is 0 Å². The Bertz CT molecular complexity index is 7460. The van der Waals surface area contributed by atoms with Crippen molar-refractivity contribution < 1.29 is 0 Å². The standard InChI is InChI=1S/C77H69N3.C60H60N2/c1-4-6-12-56-21-36-67(37-22-56)79(71-44-32-64(33-45-71)77-51-57-47-58(52-77)50-76(49-57,53-77)63-30-19-55(5-2)20-31-63)69-40-25-60(26-41-69)59-23-38-68(39-24-59)78(66-34-17-54(3)18-35-66)70-42-27-61(28-43-70)62-29-46-75-73(48-62)72-15-10-11-16-74(72)80(75)65-13-8-7-9-14-65;1-5-7-14-46-21-27-53(28-22-46)62(54-29-25-50(26-30-54)60-40-47-37-48(41-60)39-59(38-47,42-60)49-23-19-45(6-2)20-24-49)56-32-34-58(44(4)36-56)57-33-31-55(35-43(57)3)61(51-15-10-8-11-16-51)52-17-12-9-13-18-52/h5,7-11,13-46,48,57-58H,2,4,6,12,47,49-53H2,1,3H3;6,8-13,15-36,47-48H,2,5,7,14,37-42H2,1,3-4H3. The summed E-state index contributed by atoms with van der Waals surface area (Å²) in [5.41, 5.74) is 41.0. The van der Waals surface area contributed by atoms with Gasteiger partial charge in [-0.05, 0) is 434 Å². The van der Waals surface area contributed by atoms with Gasteiger partial charge in [-0.2, -0.15) is 0 Å². The monoisotopic (exact) mass is 1840 g/mol. The van der Waals surface area contributed by atoms with Crippen LogP contribution in [-0.2, 0) is 34.5 Å². The number of rotatable bonds is 28. The Morgan fingerprint density at radius 3 is 0.923 bits per heavy atom. The molecule has 0 amide bonds. The van der Waals surface area contributed by atoms with Crippen LogP contribution in [0.4, 0.5) is 68.2 Å². The number of hydrogen-bond donors (Lipinski definition) is 0. The highest BCUT2D eigenvalue weighted by Crippen LogP contribution is 2.68. The van der Waals surface area contributed by atoms with Crippen LogP contribution in [0.15, 0.2) is 426 Å². The summed E-state index contributed by atoms with van der Waals surface area (Å²) in [7, 11) is 0. The molecule has 4 atom stereocenters. The Balaban J connectivity index is 0.000000163. The van der Waals surface area contributed by atoms with E-state index in [1.165, 1.54) is 237 Å². The van der Waals surface area contributed by atoms with E-state index in [0.717, 1.165) is 76.3 Å². The van der Waals surface area contributed by atoms with Crippen LogP contribution in [0.1, 0.15) is 178 Å². The van der Waals surface area contributed by atoms with Crippen LogP contribution >= 0.6 is 0 Å². The molecule has 0 saturated heterocycles. The Morgan fingerprint density at radius 2 is 0.563 bits per heavy atom. The lowest BCUT2D eigenvalue weighted by Crippen LogP contribution is -2.55. The average Bonchev–Trinajstić information content (AvgIpc) is 0.865. The summed E-state index contributed by atoms with van der Waals surface area (Å²) in [4.78, 5) is 9.63. The third-order valence-electron chi connectivity index (χ3n) is 33.4. The van der Waals surface area contributed by atoms with Gasteiger partial charge in [0.05, 0.1) is 11.0 Å². The van der Waals surface area contributed by atoms with Crippen molar-refractivity contribution in [2.75, 3.05) is 19.6 Å². The number of fused-ring (bicyclic) bond motifs is 3. The Hall–Kier alpha value is -14.8. The van der Waals surface area contributed by atoms with E-state index in [1.807, 2.05) is 12.2 Å². The molecule has 17 aromatic carbocycles. The Kier molecular flexibility index (Phi) is 24.8. The van der Waals surface area contributed by atoms with Crippen LogP contribution in [-0.4, -0.2) is 4.57 Å². The van der Waals surface area contributed by atoms with E-state index in [2.05, 4.69) is 484 Å². The minimum absolute atomic E-state index is 0.231. The number of aromatic nitrogens is 1. The maximum atomic E-state index is 4.03. The molecule has 8 bridgehead atoms. The largest absolute Gasteiger partial charge is 0.311 e. The maximum Gasteiger partial charge on any atom is 0.0541 e. The van der Waals surface area contributed by atoms with Gasteiger partial charge in [0, 0.05) is 84.7 Å². The molecule has 5 heteroatoms. The molecule has 0 radical (unpaired) electrons. The molecule has 1 aromatic heterocycles. The summed E-state index contributed by atoms with van der Waals surface area (Å²) < 4.78 is 2.38. The van der Waals surface area contributed by atoms with E-state index in [1.54, 1.807) is 16.7 Å². The van der Waals surface area contributed by atoms with Crippen LogP contribution < -0.4 is 19.6 Å². The van der Waals surface area contributed by atoms with Crippen LogP contribution in [0.2, 0.25) is 0 Å². The molecule has 18 aromatic rings. The van der Waals surface area contributed by atoms with Gasteiger partial charge < -0.3 is 24.2 Å². The zero-order valence-corrected chi connectivity index (χ0v) is 83.1. The maximum absolute atomic E-state index is 4.03. The first-order valence-electron chi connectivity index (χ1n) is 52.5. The van der Waals surface area contributed by atoms with E-state index < -0.39 is 0 Å².